The van der Waals surface area contributed by atoms with Crippen LogP contribution in [0.2, 0.25) is 0 Å². The number of aryl methyl sites for hydroxylation is 1. The molecule has 0 bridgehead atoms. The quantitative estimate of drug-likeness (QED) is 0.714. The van der Waals surface area contributed by atoms with Crippen molar-refractivity contribution < 1.29 is 0 Å². The van der Waals surface area contributed by atoms with Gasteiger partial charge in [-0.25, -0.2) is 0 Å². The largest absolute Gasteiger partial charge is 0.264 e. The number of hydrogen-bond acceptors (Lipinski definition) is 2. The van der Waals surface area contributed by atoms with E-state index < -0.39 is 0 Å². The number of pyridine rings is 2. The summed E-state index contributed by atoms with van der Waals surface area (Å²) >= 11 is 3.37. The lowest BCUT2D eigenvalue weighted by molar-refractivity contribution is 1.26. The number of rotatable bonds is 0. The first-order valence-corrected chi connectivity index (χ1v) is 5.42. The van der Waals surface area contributed by atoms with Crippen molar-refractivity contribution in [2.45, 2.75) is 20.8 Å². The van der Waals surface area contributed by atoms with E-state index in [1.54, 1.807) is 6.20 Å². The molecule has 2 rings (SSSR count). The Morgan fingerprint density at radius 1 is 1.14 bits per heavy atom. The summed E-state index contributed by atoms with van der Waals surface area (Å²) in [6.45, 7) is 6.01. The molecule has 3 heteroatoms. The first-order valence-electron chi connectivity index (χ1n) is 4.63. The Hall–Kier alpha value is -0.960. The van der Waals surface area contributed by atoms with Crippen molar-refractivity contribution in [2.24, 2.45) is 0 Å². The first kappa shape index (κ1) is 11.1. The van der Waals surface area contributed by atoms with E-state index in [4.69, 9.17) is 0 Å². The summed E-state index contributed by atoms with van der Waals surface area (Å²) in [5.74, 6) is 0. The molecule has 0 aliphatic rings. The van der Waals surface area contributed by atoms with Crippen LogP contribution in [0.3, 0.4) is 0 Å². The second kappa shape index (κ2) is 5.05. The van der Waals surface area contributed by atoms with E-state index in [9.17, 15) is 0 Å². The molecule has 14 heavy (non-hydrogen) atoms. The third-order valence-corrected chi connectivity index (χ3v) is 2.17. The van der Waals surface area contributed by atoms with Gasteiger partial charge in [-0.2, -0.15) is 0 Å². The van der Waals surface area contributed by atoms with Gasteiger partial charge in [0.15, 0.2) is 0 Å². The average Bonchev–Trinajstić information content (AvgIpc) is 2.21. The molecule has 2 heterocycles. The molecule has 0 aliphatic carbocycles. The zero-order valence-electron chi connectivity index (χ0n) is 8.58. The summed E-state index contributed by atoms with van der Waals surface area (Å²) in [7, 11) is 0. The molecule has 0 saturated heterocycles. The summed E-state index contributed by atoms with van der Waals surface area (Å²) in [5.41, 5.74) is 2.13. The Morgan fingerprint density at radius 3 is 2.57 bits per heavy atom. The fraction of sp³-hybridized carbons (Fsp3) is 0.273. The van der Waals surface area contributed by atoms with Crippen LogP contribution >= 0.6 is 15.9 Å². The Labute approximate surface area is 92.5 Å². The van der Waals surface area contributed by atoms with Crippen molar-refractivity contribution in [1.29, 1.82) is 0 Å². The molecule has 2 aromatic rings. The fourth-order valence-electron chi connectivity index (χ4n) is 1.17. The zero-order valence-corrected chi connectivity index (χ0v) is 10.2. The Bertz CT molecular complexity index is 427. The number of nitrogens with zero attached hydrogens (tertiary/aromatic N) is 2. The minimum atomic E-state index is 0.988. The number of halogens is 1. The molecule has 0 unspecified atom stereocenters. The standard InChI is InChI=1S/C9H7BrN2.C2H6/c1-6-3-11-4-7-2-8(10)5-12-9(6)7;1-2/h2-5H,1H3;1-2H3. The highest BCUT2D eigenvalue weighted by atomic mass is 79.9. The van der Waals surface area contributed by atoms with Gasteiger partial charge in [0.2, 0.25) is 0 Å². The predicted octanol–water partition coefficient (Wildman–Crippen LogP) is 3.73. The molecule has 2 nitrogen and oxygen atoms in total. The molecule has 0 radical (unpaired) electrons. The monoisotopic (exact) mass is 252 g/mol. The number of aromatic nitrogens is 2. The van der Waals surface area contributed by atoms with Crippen molar-refractivity contribution in [3.05, 3.63) is 34.7 Å². The predicted molar refractivity (Wildman–Crippen MR) is 63.3 cm³/mol. The average molecular weight is 253 g/mol. The lowest BCUT2D eigenvalue weighted by atomic mass is 10.2. The number of hydrogen-bond donors (Lipinski definition) is 0. The van der Waals surface area contributed by atoms with Crippen LogP contribution in [-0.4, -0.2) is 9.97 Å². The molecule has 0 N–H and O–H groups in total. The van der Waals surface area contributed by atoms with Crippen LogP contribution in [0.25, 0.3) is 10.9 Å². The zero-order chi connectivity index (χ0) is 10.6. The Kier molecular flexibility index (Phi) is 4.01. The summed E-state index contributed by atoms with van der Waals surface area (Å²) in [4.78, 5) is 8.39. The molecule has 74 valence electrons. The van der Waals surface area contributed by atoms with Gasteiger partial charge in [-0.3, -0.25) is 9.97 Å². The normalized spacial score (nSPS) is 9.43. The van der Waals surface area contributed by atoms with Gasteiger partial charge in [0.05, 0.1) is 5.52 Å². The maximum atomic E-state index is 4.29. The van der Waals surface area contributed by atoms with Crippen molar-refractivity contribution >= 4 is 26.8 Å². The SMILES string of the molecule is CC.Cc1cncc2cc(Br)cnc12. The highest BCUT2D eigenvalue weighted by molar-refractivity contribution is 9.10. The van der Waals surface area contributed by atoms with Crippen LogP contribution in [0.15, 0.2) is 29.1 Å². The van der Waals surface area contributed by atoms with Gasteiger partial charge >= 0.3 is 0 Å². The topological polar surface area (TPSA) is 25.8 Å². The van der Waals surface area contributed by atoms with Crippen molar-refractivity contribution in [1.82, 2.24) is 9.97 Å². The summed E-state index contributed by atoms with van der Waals surface area (Å²) in [6, 6.07) is 2.02. The molecule has 0 aliphatic heterocycles. The first-order chi connectivity index (χ1) is 6.77. The second-order valence-corrected chi connectivity index (χ2v) is 3.60. The second-order valence-electron chi connectivity index (χ2n) is 2.68. The summed E-state index contributed by atoms with van der Waals surface area (Å²) in [6.07, 6.45) is 5.44. The fourth-order valence-corrected chi connectivity index (χ4v) is 1.52. The number of fused-ring (bicyclic) bond motifs is 1. The van der Waals surface area contributed by atoms with Crippen molar-refractivity contribution in [2.75, 3.05) is 0 Å². The van der Waals surface area contributed by atoms with Gasteiger partial charge in [-0.1, -0.05) is 13.8 Å². The molecule has 2 aromatic heterocycles. The van der Waals surface area contributed by atoms with Crippen LogP contribution in [0, 0.1) is 6.92 Å². The van der Waals surface area contributed by atoms with Gasteiger partial charge in [0.1, 0.15) is 0 Å². The third kappa shape index (κ3) is 2.29. The van der Waals surface area contributed by atoms with E-state index in [0.717, 1.165) is 20.9 Å². The van der Waals surface area contributed by atoms with Gasteiger partial charge < -0.3 is 0 Å². The smallest absolute Gasteiger partial charge is 0.0762 e. The highest BCUT2D eigenvalue weighted by Gasteiger charge is 1.98. The van der Waals surface area contributed by atoms with Gasteiger partial charge in [0.25, 0.3) is 0 Å². The lowest BCUT2D eigenvalue weighted by Crippen LogP contribution is -1.84. The molecular formula is C11H13BrN2. The van der Waals surface area contributed by atoms with E-state index in [-0.39, 0.29) is 0 Å². The molecule has 0 aromatic carbocycles. The minimum absolute atomic E-state index is 0.988. The molecule has 0 fully saturated rings. The van der Waals surface area contributed by atoms with Gasteiger partial charge in [-0.15, -0.1) is 0 Å². The van der Waals surface area contributed by atoms with Gasteiger partial charge in [-0.05, 0) is 34.5 Å². The van der Waals surface area contributed by atoms with E-state index >= 15 is 0 Å². The molecule has 0 atom stereocenters. The lowest BCUT2D eigenvalue weighted by Gasteiger charge is -1.99. The summed E-state index contributed by atoms with van der Waals surface area (Å²) < 4.78 is 0.988. The maximum absolute atomic E-state index is 4.29. The van der Waals surface area contributed by atoms with Crippen LogP contribution in [0.5, 0.6) is 0 Å². The van der Waals surface area contributed by atoms with Crippen LogP contribution < -0.4 is 0 Å². The van der Waals surface area contributed by atoms with E-state index in [1.165, 1.54) is 0 Å². The third-order valence-electron chi connectivity index (χ3n) is 1.74. The van der Waals surface area contributed by atoms with Crippen LogP contribution in [0.1, 0.15) is 19.4 Å². The van der Waals surface area contributed by atoms with Gasteiger partial charge in [0, 0.05) is 28.4 Å². The van der Waals surface area contributed by atoms with E-state index in [0.29, 0.717) is 0 Å². The Morgan fingerprint density at radius 2 is 1.86 bits per heavy atom. The van der Waals surface area contributed by atoms with Crippen LogP contribution in [0.4, 0.5) is 0 Å². The van der Waals surface area contributed by atoms with Crippen molar-refractivity contribution in [3.8, 4) is 0 Å². The molecule has 0 amide bonds. The summed E-state index contributed by atoms with van der Waals surface area (Å²) in [5, 5.41) is 1.07. The Balaban J connectivity index is 0.000000461. The molecule has 0 saturated carbocycles. The van der Waals surface area contributed by atoms with Crippen LogP contribution in [-0.2, 0) is 0 Å². The molecule has 0 spiro atoms. The van der Waals surface area contributed by atoms with E-state index in [2.05, 4.69) is 25.9 Å². The van der Waals surface area contributed by atoms with E-state index in [1.807, 2.05) is 39.2 Å². The molecular weight excluding hydrogens is 240 g/mol. The highest BCUT2D eigenvalue weighted by Crippen LogP contribution is 2.18. The van der Waals surface area contributed by atoms with Crippen molar-refractivity contribution in [3.63, 3.8) is 0 Å². The minimum Gasteiger partial charge on any atom is -0.264 e. The maximum Gasteiger partial charge on any atom is 0.0762 e.